The Morgan fingerprint density at radius 2 is 1.69 bits per heavy atom. The largest absolute Gasteiger partial charge is 0.416 e. The normalized spacial score (nSPS) is 15.6. The molecule has 2 aromatic carbocycles. The Bertz CT molecular complexity index is 1030. The Labute approximate surface area is 166 Å². The van der Waals surface area contributed by atoms with Gasteiger partial charge in [0, 0.05) is 38.1 Å². The summed E-state index contributed by atoms with van der Waals surface area (Å²) < 4.78 is 38.6. The van der Waals surface area contributed by atoms with Crippen LogP contribution in [0, 0.1) is 0 Å². The first kappa shape index (κ1) is 19.4. The van der Waals surface area contributed by atoms with Crippen LogP contribution in [0.25, 0.3) is 10.9 Å². The zero-order valence-electron chi connectivity index (χ0n) is 15.7. The van der Waals surface area contributed by atoms with Gasteiger partial charge >= 0.3 is 6.18 Å². The van der Waals surface area contributed by atoms with E-state index in [2.05, 4.69) is 9.88 Å². The quantitative estimate of drug-likeness (QED) is 0.662. The van der Waals surface area contributed by atoms with Gasteiger partial charge in [0.25, 0.3) is 5.91 Å². The van der Waals surface area contributed by atoms with Gasteiger partial charge in [0.05, 0.1) is 11.1 Å². The molecule has 1 saturated heterocycles. The van der Waals surface area contributed by atoms with Gasteiger partial charge in [0.1, 0.15) is 5.69 Å². The minimum atomic E-state index is -4.34. The number of piperazine rings is 1. The highest BCUT2D eigenvalue weighted by atomic mass is 19.4. The summed E-state index contributed by atoms with van der Waals surface area (Å²) in [5, 5.41) is 0.981. The van der Waals surface area contributed by atoms with Crippen molar-refractivity contribution < 1.29 is 18.0 Å². The van der Waals surface area contributed by atoms with Crippen LogP contribution in [0.3, 0.4) is 0 Å². The van der Waals surface area contributed by atoms with Crippen LogP contribution in [0.4, 0.5) is 13.2 Å². The Morgan fingerprint density at radius 1 is 0.931 bits per heavy atom. The highest BCUT2D eigenvalue weighted by Crippen LogP contribution is 2.29. The smallest absolute Gasteiger partial charge is 0.335 e. The third-order valence-electron chi connectivity index (χ3n) is 5.14. The number of carbonyl (C=O) groups is 1. The lowest BCUT2D eigenvalue weighted by molar-refractivity contribution is -0.137. The van der Waals surface area contributed by atoms with Crippen molar-refractivity contribution >= 4 is 16.8 Å². The topological polar surface area (TPSA) is 36.4 Å². The fraction of sp³-hybridized carbons (Fsp3) is 0.273. The van der Waals surface area contributed by atoms with Gasteiger partial charge in [-0.3, -0.25) is 9.69 Å². The first-order chi connectivity index (χ1) is 13.9. The van der Waals surface area contributed by atoms with E-state index in [0.29, 0.717) is 44.0 Å². The lowest BCUT2D eigenvalue weighted by Crippen LogP contribution is -2.48. The molecule has 150 valence electrons. The molecule has 1 aliphatic heterocycles. The number of hydrogen-bond acceptors (Lipinski definition) is 3. The van der Waals surface area contributed by atoms with Crippen molar-refractivity contribution in [3.63, 3.8) is 0 Å². The van der Waals surface area contributed by atoms with Crippen molar-refractivity contribution in [3.05, 3.63) is 77.5 Å². The summed E-state index contributed by atoms with van der Waals surface area (Å²) in [5.41, 5.74) is 1.18. The number of fused-ring (bicyclic) bond motifs is 1. The Hall–Kier alpha value is -2.93. The number of amides is 1. The maximum absolute atomic E-state index is 12.9. The number of nitrogens with zero attached hydrogens (tertiary/aromatic N) is 3. The molecule has 0 radical (unpaired) electrons. The van der Waals surface area contributed by atoms with Gasteiger partial charge in [-0.2, -0.15) is 13.2 Å². The summed E-state index contributed by atoms with van der Waals surface area (Å²) in [6.45, 7) is 2.68. The van der Waals surface area contributed by atoms with Crippen LogP contribution < -0.4 is 0 Å². The minimum absolute atomic E-state index is 0.116. The number of pyridine rings is 1. The molecule has 2 heterocycles. The van der Waals surface area contributed by atoms with Gasteiger partial charge in [0.15, 0.2) is 0 Å². The van der Waals surface area contributed by atoms with Crippen molar-refractivity contribution in [2.75, 3.05) is 26.2 Å². The van der Waals surface area contributed by atoms with E-state index in [4.69, 9.17) is 0 Å². The molecular weight excluding hydrogens is 379 g/mol. The van der Waals surface area contributed by atoms with E-state index in [-0.39, 0.29) is 5.91 Å². The zero-order valence-corrected chi connectivity index (χ0v) is 15.7. The van der Waals surface area contributed by atoms with Crippen molar-refractivity contribution in [2.45, 2.75) is 12.7 Å². The van der Waals surface area contributed by atoms with Crippen LogP contribution >= 0.6 is 0 Å². The highest BCUT2D eigenvalue weighted by Gasteiger charge is 2.30. The molecule has 1 aromatic heterocycles. The summed E-state index contributed by atoms with van der Waals surface area (Å²) in [5.74, 6) is -0.116. The number of alkyl halides is 3. The summed E-state index contributed by atoms with van der Waals surface area (Å²) in [4.78, 5) is 21.1. The molecule has 0 spiro atoms. The number of benzene rings is 2. The van der Waals surface area contributed by atoms with E-state index in [9.17, 15) is 18.0 Å². The second-order valence-electron chi connectivity index (χ2n) is 7.16. The number of halogens is 3. The molecule has 3 aromatic rings. The summed E-state index contributed by atoms with van der Waals surface area (Å²) >= 11 is 0. The predicted octanol–water partition coefficient (Wildman–Crippen LogP) is 4.21. The van der Waals surface area contributed by atoms with Gasteiger partial charge < -0.3 is 4.90 Å². The van der Waals surface area contributed by atoms with E-state index in [1.54, 1.807) is 17.0 Å². The van der Waals surface area contributed by atoms with Gasteiger partial charge in [-0.25, -0.2) is 4.98 Å². The maximum Gasteiger partial charge on any atom is 0.416 e. The molecular formula is C22H20F3N3O. The van der Waals surface area contributed by atoms with Crippen molar-refractivity contribution in [1.29, 1.82) is 0 Å². The van der Waals surface area contributed by atoms with Crippen LogP contribution in [-0.4, -0.2) is 46.9 Å². The molecule has 0 saturated carbocycles. The SMILES string of the molecule is O=C(c1ccc2ccccc2n1)N1CCN(Cc2cccc(C(F)(F)F)c2)CC1. The summed E-state index contributed by atoms with van der Waals surface area (Å²) in [6, 6.07) is 16.7. The fourth-order valence-corrected chi connectivity index (χ4v) is 3.56. The lowest BCUT2D eigenvalue weighted by Gasteiger charge is -2.34. The second-order valence-corrected chi connectivity index (χ2v) is 7.16. The number of hydrogen-bond donors (Lipinski definition) is 0. The number of aromatic nitrogens is 1. The molecule has 4 nitrogen and oxygen atoms in total. The van der Waals surface area contributed by atoms with E-state index in [1.807, 2.05) is 30.3 Å². The van der Waals surface area contributed by atoms with Crippen LogP contribution in [0.2, 0.25) is 0 Å². The van der Waals surface area contributed by atoms with E-state index in [1.165, 1.54) is 12.1 Å². The standard InChI is InChI=1S/C22H20F3N3O/c23-22(24,25)18-6-3-4-16(14-18)15-27-10-12-28(13-11-27)21(29)20-9-8-17-5-1-2-7-19(17)26-20/h1-9,14H,10-13,15H2. The Balaban J connectivity index is 1.38. The first-order valence-corrected chi connectivity index (χ1v) is 9.44. The average Bonchev–Trinajstić information content (AvgIpc) is 2.73. The van der Waals surface area contributed by atoms with E-state index in [0.717, 1.165) is 17.0 Å². The van der Waals surface area contributed by atoms with E-state index < -0.39 is 11.7 Å². The van der Waals surface area contributed by atoms with Crippen LogP contribution in [0.15, 0.2) is 60.7 Å². The van der Waals surface area contributed by atoms with Crippen molar-refractivity contribution in [1.82, 2.24) is 14.8 Å². The first-order valence-electron chi connectivity index (χ1n) is 9.44. The maximum atomic E-state index is 12.9. The molecule has 4 rings (SSSR count). The third-order valence-corrected chi connectivity index (χ3v) is 5.14. The number of rotatable bonds is 3. The molecule has 29 heavy (non-hydrogen) atoms. The average molecular weight is 399 g/mol. The Morgan fingerprint density at radius 3 is 2.45 bits per heavy atom. The van der Waals surface area contributed by atoms with Crippen LogP contribution in [0.1, 0.15) is 21.6 Å². The lowest BCUT2D eigenvalue weighted by atomic mass is 10.1. The molecule has 0 aliphatic carbocycles. The number of carbonyl (C=O) groups excluding carboxylic acids is 1. The summed E-state index contributed by atoms with van der Waals surface area (Å²) in [6.07, 6.45) is -4.34. The van der Waals surface area contributed by atoms with Crippen LogP contribution in [-0.2, 0) is 12.7 Å². The Kier molecular flexibility index (Phi) is 5.24. The minimum Gasteiger partial charge on any atom is -0.335 e. The molecule has 1 fully saturated rings. The molecule has 0 atom stereocenters. The third kappa shape index (κ3) is 4.40. The van der Waals surface area contributed by atoms with Gasteiger partial charge in [-0.05, 0) is 23.8 Å². The van der Waals surface area contributed by atoms with Crippen molar-refractivity contribution in [2.24, 2.45) is 0 Å². The molecule has 0 bridgehead atoms. The van der Waals surface area contributed by atoms with Crippen LogP contribution in [0.5, 0.6) is 0 Å². The molecule has 0 unspecified atom stereocenters. The molecule has 1 amide bonds. The molecule has 1 aliphatic rings. The molecule has 0 N–H and O–H groups in total. The van der Waals surface area contributed by atoms with Gasteiger partial charge in [-0.1, -0.05) is 42.5 Å². The highest BCUT2D eigenvalue weighted by molar-refractivity contribution is 5.95. The van der Waals surface area contributed by atoms with Crippen molar-refractivity contribution in [3.8, 4) is 0 Å². The molecule has 7 heteroatoms. The predicted molar refractivity (Wildman–Crippen MR) is 104 cm³/mol. The monoisotopic (exact) mass is 399 g/mol. The van der Waals surface area contributed by atoms with Gasteiger partial charge in [-0.15, -0.1) is 0 Å². The zero-order chi connectivity index (χ0) is 20.4. The summed E-state index contributed by atoms with van der Waals surface area (Å²) in [7, 11) is 0. The van der Waals surface area contributed by atoms with E-state index >= 15 is 0 Å². The second kappa shape index (κ2) is 7.83. The number of para-hydroxylation sites is 1. The fourth-order valence-electron chi connectivity index (χ4n) is 3.56. The van der Waals surface area contributed by atoms with Gasteiger partial charge in [0.2, 0.25) is 0 Å².